The Balaban J connectivity index is 2.28. The number of ether oxygens (including phenoxy) is 1. The Morgan fingerprint density at radius 1 is 1.36 bits per heavy atom. The average Bonchev–Trinajstić information content (AvgIpc) is 2.74. The lowest BCUT2D eigenvalue weighted by Gasteiger charge is -2.23. The van der Waals surface area contributed by atoms with Crippen molar-refractivity contribution in [3.63, 3.8) is 0 Å². The lowest BCUT2D eigenvalue weighted by molar-refractivity contribution is -0.147. The maximum atomic E-state index is 11.7. The second kappa shape index (κ2) is 5.98. The topological polar surface area (TPSA) is 188 Å². The number of aliphatic hydroxyl groups is 3. The number of aromatic amines is 1. The second-order valence-corrected chi connectivity index (χ2v) is 4.84. The molecule has 22 heavy (non-hydrogen) atoms. The highest BCUT2D eigenvalue weighted by molar-refractivity contribution is 5.74. The molecule has 1 aromatic heterocycles. The van der Waals surface area contributed by atoms with Crippen LogP contribution >= 0.6 is 0 Å². The van der Waals surface area contributed by atoms with Gasteiger partial charge in [0.2, 0.25) is 0 Å². The number of H-pyrrole nitrogens is 1. The maximum Gasteiger partial charge on any atom is 0.330 e. The smallest absolute Gasteiger partial charge is 0.330 e. The zero-order valence-corrected chi connectivity index (χ0v) is 11.1. The van der Waals surface area contributed by atoms with Gasteiger partial charge in [-0.2, -0.15) is 0 Å². The predicted octanol–water partition coefficient (Wildman–Crippen LogP) is -4.07. The largest absolute Gasteiger partial charge is 0.480 e. The zero-order valence-electron chi connectivity index (χ0n) is 11.1. The fraction of sp³-hybridized carbons (Fsp3) is 0.545. The van der Waals surface area contributed by atoms with Crippen molar-refractivity contribution in [2.24, 2.45) is 5.73 Å². The van der Waals surface area contributed by atoms with Crippen molar-refractivity contribution in [3.05, 3.63) is 33.1 Å². The third-order valence-corrected chi connectivity index (χ3v) is 3.39. The molecule has 1 aliphatic heterocycles. The molecule has 2 heterocycles. The third kappa shape index (κ3) is 2.80. The predicted molar refractivity (Wildman–Crippen MR) is 68.9 cm³/mol. The minimum absolute atomic E-state index is 0.668. The van der Waals surface area contributed by atoms with Crippen LogP contribution in [0.1, 0.15) is 6.23 Å². The highest BCUT2D eigenvalue weighted by Crippen LogP contribution is 2.30. The molecule has 7 N–H and O–H groups in total. The molecule has 0 saturated carbocycles. The number of nitrogens with zero attached hydrogens (tertiary/aromatic N) is 1. The number of hydrogen-bond acceptors (Lipinski definition) is 8. The van der Waals surface area contributed by atoms with Crippen molar-refractivity contribution in [1.29, 1.82) is 0 Å². The van der Waals surface area contributed by atoms with Gasteiger partial charge in [-0.1, -0.05) is 0 Å². The molecule has 6 atom stereocenters. The summed E-state index contributed by atoms with van der Waals surface area (Å²) in [6.07, 6.45) is -7.03. The number of hydrogen-bond donors (Lipinski definition) is 6. The van der Waals surface area contributed by atoms with E-state index in [1.54, 1.807) is 0 Å². The molecule has 11 heteroatoms. The van der Waals surface area contributed by atoms with E-state index in [2.05, 4.69) is 0 Å². The number of aliphatic hydroxyl groups excluding tert-OH is 3. The van der Waals surface area contributed by atoms with Gasteiger partial charge in [0, 0.05) is 12.3 Å². The summed E-state index contributed by atoms with van der Waals surface area (Å²) < 4.78 is 5.97. The summed E-state index contributed by atoms with van der Waals surface area (Å²) in [5, 5.41) is 38.3. The first-order valence-electron chi connectivity index (χ1n) is 6.23. The van der Waals surface area contributed by atoms with Gasteiger partial charge in [0.15, 0.2) is 6.23 Å². The summed E-state index contributed by atoms with van der Waals surface area (Å²) in [6, 6.07) is -0.755. The first kappa shape index (κ1) is 16.3. The number of carboxylic acid groups (broad SMARTS) is 1. The fourth-order valence-corrected chi connectivity index (χ4v) is 2.18. The molecule has 0 amide bonds. The van der Waals surface area contributed by atoms with E-state index in [9.17, 15) is 29.7 Å². The number of carbonyl (C=O) groups is 1. The van der Waals surface area contributed by atoms with Crippen LogP contribution in [-0.2, 0) is 9.53 Å². The Labute approximate surface area is 122 Å². The molecule has 0 aromatic carbocycles. The molecule has 2 rings (SSSR count). The molecule has 0 radical (unpaired) electrons. The molecule has 0 spiro atoms. The molecular weight excluding hydrogens is 302 g/mol. The number of aromatic nitrogens is 2. The SMILES string of the molecule is N[C@H](C(=O)O)[C@H](O)[C@H]1O[C@@H](n2ccc(=O)[nH]c2=O)[C@H](O)[C@@H]1O. The van der Waals surface area contributed by atoms with Crippen LogP contribution in [0.4, 0.5) is 0 Å². The monoisotopic (exact) mass is 317 g/mol. The average molecular weight is 317 g/mol. The Bertz CT molecular complexity index is 670. The van der Waals surface area contributed by atoms with Crippen LogP contribution in [0, 0.1) is 0 Å². The van der Waals surface area contributed by atoms with Crippen molar-refractivity contribution in [1.82, 2.24) is 9.55 Å². The zero-order chi connectivity index (χ0) is 16.6. The van der Waals surface area contributed by atoms with Crippen LogP contribution < -0.4 is 17.0 Å². The summed E-state index contributed by atoms with van der Waals surface area (Å²) in [7, 11) is 0. The van der Waals surface area contributed by atoms with Crippen LogP contribution in [0.5, 0.6) is 0 Å². The van der Waals surface area contributed by atoms with Gasteiger partial charge in [-0.3, -0.25) is 19.1 Å². The summed E-state index contributed by atoms with van der Waals surface area (Å²) in [4.78, 5) is 35.3. The van der Waals surface area contributed by atoms with Gasteiger partial charge in [0.25, 0.3) is 5.56 Å². The Morgan fingerprint density at radius 2 is 2.00 bits per heavy atom. The number of nitrogens with one attached hydrogen (secondary N) is 1. The molecular formula is C11H15N3O8. The summed E-state index contributed by atoms with van der Waals surface area (Å²) in [6.45, 7) is 0. The van der Waals surface area contributed by atoms with E-state index in [1.165, 1.54) is 0 Å². The van der Waals surface area contributed by atoms with E-state index in [0.29, 0.717) is 0 Å². The van der Waals surface area contributed by atoms with Gasteiger partial charge in [-0.05, 0) is 0 Å². The molecule has 0 unspecified atom stereocenters. The Hall–Kier alpha value is -2.05. The Morgan fingerprint density at radius 3 is 2.55 bits per heavy atom. The highest BCUT2D eigenvalue weighted by atomic mass is 16.6. The molecule has 122 valence electrons. The summed E-state index contributed by atoms with van der Waals surface area (Å²) >= 11 is 0. The van der Waals surface area contributed by atoms with Crippen LogP contribution in [0.25, 0.3) is 0 Å². The quantitative estimate of drug-likeness (QED) is 0.321. The molecule has 1 fully saturated rings. The van der Waals surface area contributed by atoms with Crippen molar-refractivity contribution >= 4 is 5.97 Å². The molecule has 0 aliphatic carbocycles. The van der Waals surface area contributed by atoms with E-state index in [4.69, 9.17) is 15.6 Å². The second-order valence-electron chi connectivity index (χ2n) is 4.84. The maximum absolute atomic E-state index is 11.7. The number of nitrogens with two attached hydrogens (primary N) is 1. The molecule has 1 saturated heterocycles. The molecule has 1 aliphatic rings. The first-order chi connectivity index (χ1) is 10.2. The Kier molecular flexibility index (Phi) is 4.44. The van der Waals surface area contributed by atoms with Crippen molar-refractivity contribution in [3.8, 4) is 0 Å². The van der Waals surface area contributed by atoms with Gasteiger partial charge in [0.1, 0.15) is 30.5 Å². The van der Waals surface area contributed by atoms with Gasteiger partial charge in [-0.25, -0.2) is 4.79 Å². The molecule has 0 bridgehead atoms. The lowest BCUT2D eigenvalue weighted by atomic mass is 10.0. The van der Waals surface area contributed by atoms with E-state index in [1.807, 2.05) is 4.98 Å². The number of rotatable bonds is 4. The van der Waals surface area contributed by atoms with Gasteiger partial charge in [0.05, 0.1) is 0 Å². The summed E-state index contributed by atoms with van der Waals surface area (Å²) in [5.74, 6) is -1.53. The van der Waals surface area contributed by atoms with Crippen LogP contribution in [0.3, 0.4) is 0 Å². The van der Waals surface area contributed by atoms with Gasteiger partial charge in [-0.15, -0.1) is 0 Å². The molecule has 1 aromatic rings. The first-order valence-corrected chi connectivity index (χ1v) is 6.23. The van der Waals surface area contributed by atoms with E-state index < -0.39 is 53.9 Å². The van der Waals surface area contributed by atoms with Crippen LogP contribution in [0.2, 0.25) is 0 Å². The minimum atomic E-state index is -1.81. The standard InChI is InChI=1S/C11H15N3O8/c12-4(10(19)20)5(16)8-6(17)7(18)9(22-8)14-2-1-3(15)13-11(14)21/h1-2,4-9,16-18H,12H2,(H,19,20)(H,13,15,21)/t4-,5-,6-,7+,8+,9+/m0/s1. The van der Waals surface area contributed by atoms with Crippen molar-refractivity contribution < 1.29 is 30.0 Å². The fourth-order valence-electron chi connectivity index (χ4n) is 2.18. The van der Waals surface area contributed by atoms with Gasteiger partial charge >= 0.3 is 11.7 Å². The van der Waals surface area contributed by atoms with Crippen LogP contribution in [0.15, 0.2) is 21.9 Å². The van der Waals surface area contributed by atoms with Crippen molar-refractivity contribution in [2.75, 3.05) is 0 Å². The lowest BCUT2D eigenvalue weighted by Crippen LogP contribution is -2.51. The minimum Gasteiger partial charge on any atom is -0.480 e. The van der Waals surface area contributed by atoms with E-state index >= 15 is 0 Å². The normalized spacial score (nSPS) is 30.9. The highest BCUT2D eigenvalue weighted by Gasteiger charge is 2.49. The van der Waals surface area contributed by atoms with Crippen molar-refractivity contribution in [2.45, 2.75) is 36.7 Å². The third-order valence-electron chi connectivity index (χ3n) is 3.39. The summed E-state index contributed by atoms with van der Waals surface area (Å²) in [5.41, 5.74) is 3.67. The van der Waals surface area contributed by atoms with E-state index in [-0.39, 0.29) is 0 Å². The van der Waals surface area contributed by atoms with E-state index in [0.717, 1.165) is 16.8 Å². The number of aliphatic carboxylic acids is 1. The van der Waals surface area contributed by atoms with Gasteiger partial charge < -0.3 is 30.9 Å². The van der Waals surface area contributed by atoms with Crippen LogP contribution in [-0.4, -0.2) is 66.4 Å². The number of carboxylic acids is 1. The molecule has 11 nitrogen and oxygen atoms in total.